The topological polar surface area (TPSA) is 186 Å². The fourth-order valence-corrected chi connectivity index (χ4v) is 7.43. The number of rotatable bonds is 23. The van der Waals surface area contributed by atoms with E-state index in [9.17, 15) is 38.4 Å². The van der Waals surface area contributed by atoms with Crippen LogP contribution in [0.5, 0.6) is 0 Å². The Morgan fingerprint density at radius 3 is 0.910 bits per heavy atom. The van der Waals surface area contributed by atoms with Crippen LogP contribution in [0.15, 0.2) is 44.6 Å². The lowest BCUT2D eigenvalue weighted by atomic mass is 9.90. The molecule has 0 spiro atoms. The molecule has 16 nitrogen and oxygen atoms in total. The van der Waals surface area contributed by atoms with Crippen LogP contribution in [-0.4, -0.2) is 93.9 Å². The van der Waals surface area contributed by atoms with Gasteiger partial charge in [-0.3, -0.25) is 57.7 Å². The van der Waals surface area contributed by atoms with Crippen LogP contribution in [0.1, 0.15) is 198 Å². The van der Waals surface area contributed by atoms with E-state index in [0.29, 0.717) is 76.9 Å². The van der Waals surface area contributed by atoms with Gasteiger partial charge in [0.2, 0.25) is 0 Å². The maximum atomic E-state index is 11.8. The van der Waals surface area contributed by atoms with Crippen LogP contribution >= 0.6 is 0 Å². The fourth-order valence-electron chi connectivity index (χ4n) is 7.43. The van der Waals surface area contributed by atoms with E-state index >= 15 is 0 Å². The number of hydrogen-bond acceptors (Lipinski definition) is 12. The number of nitrogens with zero attached hydrogens (tertiary/aromatic N) is 4. The molecule has 1 aliphatic carbocycles. The summed E-state index contributed by atoms with van der Waals surface area (Å²) in [5.74, 6) is -2.08. The van der Waals surface area contributed by atoms with E-state index in [1.165, 1.54) is 77.0 Å². The molecule has 376 valence electrons. The summed E-state index contributed by atoms with van der Waals surface area (Å²) in [6.07, 6.45) is 23.0. The van der Waals surface area contributed by atoms with Crippen LogP contribution in [0.2, 0.25) is 0 Å². The second-order valence-electron chi connectivity index (χ2n) is 17.7. The summed E-state index contributed by atoms with van der Waals surface area (Å²) in [6.45, 7) is 20.9. The fraction of sp³-hybridized carbons (Fsp3) is 0.686. The third-order valence-electron chi connectivity index (χ3n) is 12.7. The Morgan fingerprint density at radius 2 is 0.597 bits per heavy atom. The Kier molecular flexibility index (Phi) is 26.8. The summed E-state index contributed by atoms with van der Waals surface area (Å²) in [4.78, 5) is 113. The second kappa shape index (κ2) is 30.7. The van der Waals surface area contributed by atoms with Crippen molar-refractivity contribution in [3.63, 3.8) is 0 Å². The number of unbranched alkanes of at least 4 members (excludes halogenated alkanes) is 12. The molecule has 1 fully saturated rings. The Bertz CT molecular complexity index is 1790. The van der Waals surface area contributed by atoms with Gasteiger partial charge in [-0.2, -0.15) is 0 Å². The predicted octanol–water partition coefficient (Wildman–Crippen LogP) is 9.59. The molecule has 0 saturated heterocycles. The highest BCUT2D eigenvalue weighted by Gasteiger charge is 2.37. The van der Waals surface area contributed by atoms with Crippen molar-refractivity contribution in [2.45, 2.75) is 198 Å². The highest BCUT2D eigenvalue weighted by atomic mass is 16.7. The molecule has 1 saturated carbocycles. The monoisotopic (exact) mass is 941 g/mol. The van der Waals surface area contributed by atoms with E-state index in [0.717, 1.165) is 65.2 Å². The van der Waals surface area contributed by atoms with Crippen molar-refractivity contribution >= 4 is 47.3 Å². The minimum Gasteiger partial charge on any atom is -0.267 e. The van der Waals surface area contributed by atoms with Crippen LogP contribution in [0.25, 0.3) is 0 Å². The highest BCUT2D eigenvalue weighted by Crippen LogP contribution is 2.27. The first-order chi connectivity index (χ1) is 31.9. The first-order valence-electron chi connectivity index (χ1n) is 24.7. The molecule has 0 aromatic heterocycles. The first-order valence-corrected chi connectivity index (χ1v) is 24.7. The molecule has 4 heterocycles. The number of amides is 8. The number of carbonyl (C=O) groups excluding carboxylic acids is 8. The van der Waals surface area contributed by atoms with E-state index in [4.69, 9.17) is 19.4 Å². The summed E-state index contributed by atoms with van der Waals surface area (Å²) in [6, 6.07) is 0. The van der Waals surface area contributed by atoms with Gasteiger partial charge in [-0.05, 0) is 93.9 Å². The number of hydroxylamine groups is 8. The molecule has 4 aliphatic heterocycles. The van der Waals surface area contributed by atoms with Gasteiger partial charge in [0.05, 0.1) is 26.4 Å². The molecule has 0 radical (unpaired) electrons. The smallest absolute Gasteiger partial charge is 0.267 e. The maximum Gasteiger partial charge on any atom is 0.281 e. The van der Waals surface area contributed by atoms with E-state index < -0.39 is 0 Å². The first kappa shape index (κ1) is 58.5. The maximum absolute atomic E-state index is 11.8. The lowest BCUT2D eigenvalue weighted by molar-refractivity contribution is -0.191. The lowest BCUT2D eigenvalue weighted by Crippen LogP contribution is -2.33. The van der Waals surface area contributed by atoms with Crippen LogP contribution in [0.3, 0.4) is 0 Å². The van der Waals surface area contributed by atoms with Gasteiger partial charge in [0, 0.05) is 44.6 Å². The van der Waals surface area contributed by atoms with Crippen molar-refractivity contribution in [2.75, 3.05) is 26.4 Å². The average Bonchev–Trinajstić information content (AvgIpc) is 3.80. The third kappa shape index (κ3) is 17.4. The molecule has 0 atom stereocenters. The molecule has 5 aliphatic rings. The van der Waals surface area contributed by atoms with Gasteiger partial charge in [-0.15, -0.1) is 20.3 Å². The standard InChI is InChI=1S/C19H33NO3.C13H19NO3.C11H17NO3.C8H11NO3/c1-4-5-6-7-8-9-10-11-12-13-14-15-23-20-18(21)16(2)17(3)19(20)22;1-9-10(2)13(16)14(12(9)15)17-8-11-6-4-3-5-7-11;1-4-5-6-7-15-12-10(13)8(2)9(3)11(12)14;1-4-12-9-7(10)5(2)6(3)8(9)11/h4-15H2,1-3H3;11H,3-8H2,1-2H3;4-7H2,1-3H3;4H2,1-3H3. The van der Waals surface area contributed by atoms with E-state index in [-0.39, 0.29) is 47.3 Å². The van der Waals surface area contributed by atoms with Gasteiger partial charge in [-0.1, -0.05) is 110 Å². The second-order valence-corrected chi connectivity index (χ2v) is 17.7. The van der Waals surface area contributed by atoms with Crippen molar-refractivity contribution < 1.29 is 57.7 Å². The molecule has 0 aromatic rings. The molecule has 0 aromatic carbocycles. The SMILES string of the molecule is CC1=C(C)C(=O)N(OCC2CCCCC2)C1=O.CCCCCCCCCCCCCON1C(=O)C(C)=C(C)C1=O.CCCCCON1C(=O)C(C)=C(C)C1=O.CCON1C(=O)C(C)=C(C)C1=O. The number of carbonyl (C=O) groups is 8. The van der Waals surface area contributed by atoms with E-state index in [1.54, 1.807) is 62.3 Å². The minimum atomic E-state index is -0.348. The zero-order chi connectivity index (χ0) is 50.2. The number of imide groups is 4. The van der Waals surface area contributed by atoms with Gasteiger partial charge < -0.3 is 0 Å². The summed E-state index contributed by atoms with van der Waals surface area (Å²) in [5.41, 5.74) is 3.88. The van der Waals surface area contributed by atoms with Gasteiger partial charge in [-0.25, -0.2) is 0 Å². The molecule has 16 heteroatoms. The molecule has 0 N–H and O–H groups in total. The summed E-state index contributed by atoms with van der Waals surface area (Å²) < 4.78 is 0. The van der Waals surface area contributed by atoms with E-state index in [2.05, 4.69) is 13.8 Å². The van der Waals surface area contributed by atoms with Crippen LogP contribution < -0.4 is 0 Å². The van der Waals surface area contributed by atoms with Gasteiger partial charge in [0.25, 0.3) is 47.3 Å². The van der Waals surface area contributed by atoms with Crippen LogP contribution in [0, 0.1) is 5.92 Å². The lowest BCUT2D eigenvalue weighted by Gasteiger charge is -2.23. The molecule has 67 heavy (non-hydrogen) atoms. The zero-order valence-corrected chi connectivity index (χ0v) is 42.5. The molecular formula is C51H80N4O12. The third-order valence-corrected chi connectivity index (χ3v) is 12.7. The largest absolute Gasteiger partial charge is 0.281 e. The Balaban J connectivity index is 0.000000315. The predicted molar refractivity (Wildman–Crippen MR) is 253 cm³/mol. The molecule has 5 rings (SSSR count). The molecular weight excluding hydrogens is 861 g/mol. The Morgan fingerprint density at radius 1 is 0.343 bits per heavy atom. The van der Waals surface area contributed by atoms with E-state index in [1.807, 2.05) is 0 Å². The van der Waals surface area contributed by atoms with Crippen molar-refractivity contribution in [1.82, 2.24) is 20.3 Å². The Hall–Kier alpha value is -4.64. The van der Waals surface area contributed by atoms with Crippen molar-refractivity contribution in [3.8, 4) is 0 Å². The zero-order valence-electron chi connectivity index (χ0n) is 42.5. The Labute approximate surface area is 399 Å². The highest BCUT2D eigenvalue weighted by molar-refractivity contribution is 6.19. The normalized spacial score (nSPS) is 18.0. The van der Waals surface area contributed by atoms with Crippen molar-refractivity contribution in [3.05, 3.63) is 44.6 Å². The van der Waals surface area contributed by atoms with Crippen molar-refractivity contribution in [2.24, 2.45) is 5.92 Å². The molecule has 0 unspecified atom stereocenters. The summed E-state index contributed by atoms with van der Waals surface area (Å²) >= 11 is 0. The minimum absolute atomic E-state index is 0.302. The molecule has 0 bridgehead atoms. The summed E-state index contributed by atoms with van der Waals surface area (Å²) in [5, 5.41) is 3.53. The molecule has 8 amide bonds. The number of hydrogen-bond donors (Lipinski definition) is 0. The summed E-state index contributed by atoms with van der Waals surface area (Å²) in [7, 11) is 0. The van der Waals surface area contributed by atoms with Gasteiger partial charge in [0.1, 0.15) is 0 Å². The van der Waals surface area contributed by atoms with Crippen LogP contribution in [0.4, 0.5) is 0 Å². The van der Waals surface area contributed by atoms with Gasteiger partial charge >= 0.3 is 0 Å². The average molecular weight is 941 g/mol. The van der Waals surface area contributed by atoms with Crippen LogP contribution in [-0.2, 0) is 57.7 Å². The quantitative estimate of drug-likeness (QED) is 0.0699. The van der Waals surface area contributed by atoms with Crippen molar-refractivity contribution in [1.29, 1.82) is 0 Å². The van der Waals surface area contributed by atoms with Gasteiger partial charge in [0.15, 0.2) is 0 Å².